The van der Waals surface area contributed by atoms with E-state index in [0.717, 1.165) is 31.9 Å². The van der Waals surface area contributed by atoms with Crippen molar-refractivity contribution in [3.05, 3.63) is 0 Å². The largest absolute Gasteiger partial charge is 0.466 e. The third-order valence-corrected chi connectivity index (χ3v) is 2.47. The van der Waals surface area contributed by atoms with Crippen LogP contribution in [0.1, 0.15) is 47.0 Å². The summed E-state index contributed by atoms with van der Waals surface area (Å²) in [6, 6.07) is 0. The number of rotatable bonds is 9. The number of ether oxygens (including phenoxy) is 1. The number of hydrogen-bond acceptors (Lipinski definition) is 3. The van der Waals surface area contributed by atoms with Crippen LogP contribution >= 0.6 is 24.0 Å². The van der Waals surface area contributed by atoms with Crippen LogP contribution in [0.15, 0.2) is 4.99 Å². The lowest BCUT2D eigenvalue weighted by molar-refractivity contribution is -0.143. The van der Waals surface area contributed by atoms with Crippen molar-refractivity contribution in [1.82, 2.24) is 10.6 Å². The van der Waals surface area contributed by atoms with Crippen molar-refractivity contribution in [2.75, 3.05) is 26.2 Å². The fourth-order valence-corrected chi connectivity index (χ4v) is 1.47. The van der Waals surface area contributed by atoms with Crippen molar-refractivity contribution in [1.29, 1.82) is 0 Å². The standard InChI is InChI=1S/C14H29N3O2.HI/c1-5-15-14(17-11-9-12(3)4)16-10-7-8-13(18)19-6-2;/h12H,5-11H2,1-4H3,(H2,15,16,17);1H. The lowest BCUT2D eigenvalue weighted by Crippen LogP contribution is -2.38. The molecule has 5 nitrogen and oxygen atoms in total. The van der Waals surface area contributed by atoms with Gasteiger partial charge in [-0.25, -0.2) is 0 Å². The molecule has 2 N–H and O–H groups in total. The molecule has 0 bridgehead atoms. The third-order valence-electron chi connectivity index (χ3n) is 2.47. The molecule has 20 heavy (non-hydrogen) atoms. The van der Waals surface area contributed by atoms with Crippen LogP contribution in [0.4, 0.5) is 0 Å². The molecule has 0 amide bonds. The first-order chi connectivity index (χ1) is 9.10. The average Bonchev–Trinajstić information content (AvgIpc) is 2.34. The van der Waals surface area contributed by atoms with Gasteiger partial charge in [-0.2, -0.15) is 0 Å². The smallest absolute Gasteiger partial charge is 0.305 e. The lowest BCUT2D eigenvalue weighted by Gasteiger charge is -2.12. The molecule has 0 fully saturated rings. The fourth-order valence-electron chi connectivity index (χ4n) is 1.47. The number of nitrogens with zero attached hydrogens (tertiary/aromatic N) is 1. The van der Waals surface area contributed by atoms with Gasteiger partial charge in [0.1, 0.15) is 0 Å². The van der Waals surface area contributed by atoms with Crippen LogP contribution in [0.25, 0.3) is 0 Å². The summed E-state index contributed by atoms with van der Waals surface area (Å²) in [7, 11) is 0. The number of guanidine groups is 1. The predicted molar refractivity (Wildman–Crippen MR) is 94.7 cm³/mol. The van der Waals surface area contributed by atoms with Crippen LogP contribution < -0.4 is 10.6 Å². The van der Waals surface area contributed by atoms with E-state index in [1.54, 1.807) is 0 Å². The summed E-state index contributed by atoms with van der Waals surface area (Å²) in [6.07, 6.45) is 2.27. The monoisotopic (exact) mass is 399 g/mol. The summed E-state index contributed by atoms with van der Waals surface area (Å²) in [4.78, 5) is 15.6. The predicted octanol–water partition coefficient (Wildman–Crippen LogP) is 2.55. The molecule has 0 aromatic heterocycles. The molecule has 0 saturated carbocycles. The number of nitrogens with one attached hydrogen (secondary N) is 2. The Morgan fingerprint density at radius 1 is 1.25 bits per heavy atom. The SMILES string of the molecule is CCNC(=NCCCC(=O)OCC)NCCC(C)C.I. The molecule has 0 heterocycles. The van der Waals surface area contributed by atoms with Crippen LogP contribution in [0.3, 0.4) is 0 Å². The summed E-state index contributed by atoms with van der Waals surface area (Å²) >= 11 is 0. The highest BCUT2D eigenvalue weighted by Gasteiger charge is 2.01. The Labute approximate surface area is 140 Å². The van der Waals surface area contributed by atoms with Crippen molar-refractivity contribution >= 4 is 35.9 Å². The fraction of sp³-hybridized carbons (Fsp3) is 0.857. The topological polar surface area (TPSA) is 62.7 Å². The number of halogens is 1. The van der Waals surface area contributed by atoms with E-state index < -0.39 is 0 Å². The van der Waals surface area contributed by atoms with Crippen molar-refractivity contribution < 1.29 is 9.53 Å². The zero-order chi connectivity index (χ0) is 14.5. The Morgan fingerprint density at radius 3 is 2.50 bits per heavy atom. The maximum atomic E-state index is 11.2. The van der Waals surface area contributed by atoms with E-state index in [0.29, 0.717) is 25.5 Å². The van der Waals surface area contributed by atoms with Crippen molar-refractivity contribution in [2.45, 2.75) is 47.0 Å². The number of carbonyl (C=O) groups is 1. The van der Waals surface area contributed by atoms with Gasteiger partial charge in [0.05, 0.1) is 6.61 Å². The third kappa shape index (κ3) is 13.9. The van der Waals surface area contributed by atoms with Crippen molar-refractivity contribution in [3.8, 4) is 0 Å². The number of hydrogen-bond donors (Lipinski definition) is 2. The Bertz CT molecular complexity index is 271. The van der Waals surface area contributed by atoms with Gasteiger partial charge in [-0.15, -0.1) is 24.0 Å². The van der Waals surface area contributed by atoms with Crippen molar-refractivity contribution in [3.63, 3.8) is 0 Å². The Morgan fingerprint density at radius 2 is 1.95 bits per heavy atom. The Balaban J connectivity index is 0. The highest BCUT2D eigenvalue weighted by Crippen LogP contribution is 1.96. The minimum absolute atomic E-state index is 0. The Kier molecular flexibility index (Phi) is 16.2. The maximum absolute atomic E-state index is 11.2. The Hall–Kier alpha value is -0.530. The molecule has 0 aliphatic carbocycles. The van der Waals surface area contributed by atoms with Gasteiger partial charge in [-0.1, -0.05) is 13.8 Å². The molecular weight excluding hydrogens is 369 g/mol. The average molecular weight is 399 g/mol. The number of esters is 1. The van der Waals surface area contributed by atoms with E-state index in [4.69, 9.17) is 4.74 Å². The summed E-state index contributed by atoms with van der Waals surface area (Å²) in [5.41, 5.74) is 0. The van der Waals surface area contributed by atoms with Gasteiger partial charge in [0.2, 0.25) is 0 Å². The minimum atomic E-state index is -0.143. The molecule has 0 saturated heterocycles. The molecule has 0 atom stereocenters. The molecule has 0 rings (SSSR count). The van der Waals surface area contributed by atoms with Gasteiger partial charge in [0.25, 0.3) is 0 Å². The maximum Gasteiger partial charge on any atom is 0.305 e. The highest BCUT2D eigenvalue weighted by molar-refractivity contribution is 14.0. The van der Waals surface area contributed by atoms with E-state index in [2.05, 4.69) is 29.5 Å². The van der Waals surface area contributed by atoms with E-state index in [1.165, 1.54) is 0 Å². The normalized spacial score (nSPS) is 10.9. The van der Waals surface area contributed by atoms with E-state index in [9.17, 15) is 4.79 Å². The van der Waals surface area contributed by atoms with Gasteiger partial charge in [0, 0.05) is 26.1 Å². The number of aliphatic imine (C=N–C) groups is 1. The van der Waals surface area contributed by atoms with E-state index in [-0.39, 0.29) is 29.9 Å². The van der Waals surface area contributed by atoms with Gasteiger partial charge in [-0.05, 0) is 32.6 Å². The van der Waals surface area contributed by atoms with Crippen LogP contribution in [0.5, 0.6) is 0 Å². The first kappa shape index (κ1) is 21.8. The van der Waals surface area contributed by atoms with Crippen molar-refractivity contribution in [2.24, 2.45) is 10.9 Å². The molecule has 0 spiro atoms. The second-order valence-corrected chi connectivity index (χ2v) is 4.78. The molecule has 0 aromatic carbocycles. The minimum Gasteiger partial charge on any atom is -0.466 e. The summed E-state index contributed by atoms with van der Waals surface area (Å²) < 4.78 is 4.87. The van der Waals surface area contributed by atoms with Crippen LogP contribution in [0, 0.1) is 5.92 Å². The highest BCUT2D eigenvalue weighted by atomic mass is 127. The van der Waals surface area contributed by atoms with Gasteiger partial charge in [-0.3, -0.25) is 9.79 Å². The van der Waals surface area contributed by atoms with Crippen LogP contribution in [-0.4, -0.2) is 38.2 Å². The molecular formula is C14H30IN3O2. The second kappa shape index (κ2) is 14.9. The first-order valence-electron chi connectivity index (χ1n) is 7.27. The van der Waals surface area contributed by atoms with Gasteiger partial charge in [0.15, 0.2) is 5.96 Å². The van der Waals surface area contributed by atoms with Crippen LogP contribution in [0.2, 0.25) is 0 Å². The molecule has 120 valence electrons. The zero-order valence-electron chi connectivity index (χ0n) is 13.2. The molecule has 0 unspecified atom stereocenters. The first-order valence-corrected chi connectivity index (χ1v) is 7.27. The van der Waals surface area contributed by atoms with Crippen LogP contribution in [-0.2, 0) is 9.53 Å². The van der Waals surface area contributed by atoms with Gasteiger partial charge < -0.3 is 15.4 Å². The second-order valence-electron chi connectivity index (χ2n) is 4.78. The molecule has 0 aliphatic heterocycles. The quantitative estimate of drug-likeness (QED) is 0.206. The summed E-state index contributed by atoms with van der Waals surface area (Å²) in [6.45, 7) is 11.1. The summed E-state index contributed by atoms with van der Waals surface area (Å²) in [5.74, 6) is 1.36. The zero-order valence-corrected chi connectivity index (χ0v) is 15.5. The number of carbonyl (C=O) groups excluding carboxylic acids is 1. The summed E-state index contributed by atoms with van der Waals surface area (Å²) in [5, 5.41) is 6.48. The molecule has 0 aromatic rings. The molecule has 0 aliphatic rings. The molecule has 6 heteroatoms. The van der Waals surface area contributed by atoms with Gasteiger partial charge >= 0.3 is 5.97 Å². The molecule has 0 radical (unpaired) electrons. The van der Waals surface area contributed by atoms with E-state index >= 15 is 0 Å². The lowest BCUT2D eigenvalue weighted by atomic mass is 10.1. The van der Waals surface area contributed by atoms with E-state index in [1.807, 2.05) is 13.8 Å².